The lowest BCUT2D eigenvalue weighted by Crippen LogP contribution is -2.39. The van der Waals surface area contributed by atoms with E-state index in [4.69, 9.17) is 4.74 Å². The highest BCUT2D eigenvalue weighted by atomic mass is 32.2. The average molecular weight is 337 g/mol. The van der Waals surface area contributed by atoms with Gasteiger partial charge in [-0.05, 0) is 30.7 Å². The molecule has 23 heavy (non-hydrogen) atoms. The second kappa shape index (κ2) is 7.11. The molecule has 1 aromatic carbocycles. The Morgan fingerprint density at radius 2 is 1.83 bits per heavy atom. The van der Waals surface area contributed by atoms with E-state index in [9.17, 15) is 13.2 Å². The van der Waals surface area contributed by atoms with Gasteiger partial charge in [0.25, 0.3) is 0 Å². The van der Waals surface area contributed by atoms with Crippen molar-refractivity contribution in [1.29, 1.82) is 0 Å². The predicted molar refractivity (Wildman–Crippen MR) is 87.5 cm³/mol. The Hall–Kier alpha value is -1.24. The molecule has 2 aliphatic heterocycles. The highest BCUT2D eigenvalue weighted by molar-refractivity contribution is 7.89. The van der Waals surface area contributed by atoms with Crippen LogP contribution in [0.25, 0.3) is 0 Å². The number of benzene rings is 1. The number of nitrogens with one attached hydrogen (secondary N) is 1. The van der Waals surface area contributed by atoms with Crippen molar-refractivity contribution in [1.82, 2.24) is 4.72 Å². The molecule has 0 saturated carbocycles. The first-order valence-electron chi connectivity index (χ1n) is 8.19. The molecule has 3 rings (SSSR count). The lowest BCUT2D eigenvalue weighted by atomic mass is 9.78. The van der Waals surface area contributed by atoms with Gasteiger partial charge in [0.1, 0.15) is 6.29 Å². The van der Waals surface area contributed by atoms with Crippen molar-refractivity contribution in [2.45, 2.75) is 37.9 Å². The lowest BCUT2D eigenvalue weighted by molar-refractivity contribution is -0.109. The van der Waals surface area contributed by atoms with Gasteiger partial charge >= 0.3 is 0 Å². The number of fused-ring (bicyclic) bond motifs is 2. The number of rotatable bonds is 8. The zero-order chi connectivity index (χ0) is 16.3. The molecule has 0 radical (unpaired) electrons. The van der Waals surface area contributed by atoms with Crippen LogP contribution in [0.1, 0.15) is 24.8 Å². The van der Waals surface area contributed by atoms with Gasteiger partial charge in [0.05, 0.1) is 18.0 Å². The van der Waals surface area contributed by atoms with Crippen molar-refractivity contribution >= 4 is 16.3 Å². The molecule has 0 amide bonds. The standard InChI is InChI=1S/C17H23NO4S/c19-10-8-14-15(17-7-6-16(14)22-17)12-18-23(20,21)11-9-13-4-2-1-3-5-13/h1-5,10,14-18H,6-9,11-12H2/t14-,15+,16-,17+/m0/s1. The first kappa shape index (κ1) is 16.6. The minimum atomic E-state index is -3.32. The Bertz CT molecular complexity index is 631. The van der Waals surface area contributed by atoms with E-state index in [1.54, 1.807) is 0 Å². The number of aldehydes is 1. The van der Waals surface area contributed by atoms with E-state index in [0.717, 1.165) is 24.7 Å². The molecular weight excluding hydrogens is 314 g/mol. The van der Waals surface area contributed by atoms with Crippen LogP contribution in [0, 0.1) is 11.8 Å². The first-order valence-corrected chi connectivity index (χ1v) is 9.84. The zero-order valence-corrected chi connectivity index (χ0v) is 13.9. The van der Waals surface area contributed by atoms with Crippen LogP contribution in [0.3, 0.4) is 0 Å². The van der Waals surface area contributed by atoms with Crippen molar-refractivity contribution in [3.8, 4) is 0 Å². The molecular formula is C17H23NO4S. The van der Waals surface area contributed by atoms with Gasteiger partial charge in [0.2, 0.25) is 10.0 Å². The van der Waals surface area contributed by atoms with Gasteiger partial charge in [0, 0.05) is 18.9 Å². The van der Waals surface area contributed by atoms with Crippen LogP contribution in [0.2, 0.25) is 0 Å². The van der Waals surface area contributed by atoms with Gasteiger partial charge in [-0.1, -0.05) is 30.3 Å². The average Bonchev–Trinajstić information content (AvgIpc) is 3.14. The van der Waals surface area contributed by atoms with Crippen LogP contribution in [0.4, 0.5) is 0 Å². The fourth-order valence-electron chi connectivity index (χ4n) is 3.78. The first-order chi connectivity index (χ1) is 11.1. The molecule has 0 aromatic heterocycles. The molecule has 2 fully saturated rings. The van der Waals surface area contributed by atoms with Gasteiger partial charge < -0.3 is 9.53 Å². The van der Waals surface area contributed by atoms with Crippen molar-refractivity contribution in [2.75, 3.05) is 12.3 Å². The van der Waals surface area contributed by atoms with E-state index in [0.29, 0.717) is 19.4 Å². The number of hydrogen-bond donors (Lipinski definition) is 1. The lowest BCUT2D eigenvalue weighted by Gasteiger charge is -2.26. The number of aryl methyl sites for hydroxylation is 1. The molecule has 0 unspecified atom stereocenters. The van der Waals surface area contributed by atoms with Crippen LogP contribution in [-0.4, -0.2) is 39.2 Å². The fourth-order valence-corrected chi connectivity index (χ4v) is 4.88. The summed E-state index contributed by atoms with van der Waals surface area (Å²) in [5.41, 5.74) is 1.01. The van der Waals surface area contributed by atoms with Gasteiger partial charge in [-0.15, -0.1) is 0 Å². The van der Waals surface area contributed by atoms with Gasteiger partial charge in [-0.3, -0.25) is 0 Å². The summed E-state index contributed by atoms with van der Waals surface area (Å²) < 4.78 is 33.0. The Morgan fingerprint density at radius 1 is 1.13 bits per heavy atom. The van der Waals surface area contributed by atoms with Crippen LogP contribution in [0.15, 0.2) is 30.3 Å². The van der Waals surface area contributed by atoms with Crippen LogP contribution in [-0.2, 0) is 26.0 Å². The molecule has 2 heterocycles. The summed E-state index contributed by atoms with van der Waals surface area (Å²) in [6.45, 7) is 0.372. The number of sulfonamides is 1. The normalized spacial score (nSPS) is 29.7. The fraction of sp³-hybridized carbons (Fsp3) is 0.588. The molecule has 5 nitrogen and oxygen atoms in total. The van der Waals surface area contributed by atoms with Crippen molar-refractivity contribution in [3.05, 3.63) is 35.9 Å². The monoisotopic (exact) mass is 337 g/mol. The summed E-state index contributed by atoms with van der Waals surface area (Å²) >= 11 is 0. The number of carbonyl (C=O) groups excluding carboxylic acids is 1. The summed E-state index contributed by atoms with van der Waals surface area (Å²) in [5.74, 6) is 0.352. The minimum absolute atomic E-state index is 0.0804. The predicted octanol–water partition coefficient (Wildman–Crippen LogP) is 1.53. The van der Waals surface area contributed by atoms with E-state index in [-0.39, 0.29) is 29.8 Å². The van der Waals surface area contributed by atoms with E-state index in [1.165, 1.54) is 0 Å². The third-order valence-electron chi connectivity index (χ3n) is 5.00. The molecule has 2 aliphatic rings. The maximum atomic E-state index is 12.2. The summed E-state index contributed by atoms with van der Waals surface area (Å²) in [6, 6.07) is 9.59. The maximum absolute atomic E-state index is 12.2. The number of hydrogen-bond acceptors (Lipinski definition) is 4. The molecule has 2 bridgehead atoms. The van der Waals surface area contributed by atoms with E-state index < -0.39 is 10.0 Å². The second-order valence-electron chi connectivity index (χ2n) is 6.42. The van der Waals surface area contributed by atoms with E-state index >= 15 is 0 Å². The highest BCUT2D eigenvalue weighted by Crippen LogP contribution is 2.44. The minimum Gasteiger partial charge on any atom is -0.374 e. The Kier molecular flexibility index (Phi) is 5.14. The quantitative estimate of drug-likeness (QED) is 0.730. The van der Waals surface area contributed by atoms with Crippen LogP contribution in [0.5, 0.6) is 0 Å². The molecule has 2 saturated heterocycles. The number of ether oxygens (including phenoxy) is 1. The third kappa shape index (κ3) is 4.00. The molecule has 0 aliphatic carbocycles. The molecule has 4 atom stereocenters. The molecule has 0 spiro atoms. The summed E-state index contributed by atoms with van der Waals surface area (Å²) in [6.07, 6.45) is 4.06. The summed E-state index contributed by atoms with van der Waals surface area (Å²) in [4.78, 5) is 10.8. The van der Waals surface area contributed by atoms with E-state index in [1.807, 2.05) is 30.3 Å². The van der Waals surface area contributed by atoms with Crippen molar-refractivity contribution in [2.24, 2.45) is 11.8 Å². The van der Waals surface area contributed by atoms with Crippen LogP contribution >= 0.6 is 0 Å². The summed E-state index contributed by atoms with van der Waals surface area (Å²) in [7, 11) is -3.32. The SMILES string of the molecule is O=CC[C@H]1[C@@H](CNS(=O)(=O)CCc2ccccc2)[C@H]2CC[C@@H]1O2. The van der Waals surface area contributed by atoms with Crippen molar-refractivity contribution < 1.29 is 17.9 Å². The van der Waals surface area contributed by atoms with Crippen molar-refractivity contribution in [3.63, 3.8) is 0 Å². The Morgan fingerprint density at radius 3 is 2.52 bits per heavy atom. The van der Waals surface area contributed by atoms with Gasteiger partial charge in [0.15, 0.2) is 0 Å². The molecule has 126 valence electrons. The zero-order valence-electron chi connectivity index (χ0n) is 13.1. The second-order valence-corrected chi connectivity index (χ2v) is 8.35. The maximum Gasteiger partial charge on any atom is 0.211 e. The Labute approximate surface area is 137 Å². The smallest absolute Gasteiger partial charge is 0.211 e. The third-order valence-corrected chi connectivity index (χ3v) is 6.35. The van der Waals surface area contributed by atoms with Gasteiger partial charge in [-0.25, -0.2) is 13.1 Å². The number of carbonyl (C=O) groups is 1. The van der Waals surface area contributed by atoms with E-state index in [2.05, 4.69) is 4.72 Å². The van der Waals surface area contributed by atoms with Gasteiger partial charge in [-0.2, -0.15) is 0 Å². The van der Waals surface area contributed by atoms with Crippen LogP contribution < -0.4 is 4.72 Å². The molecule has 6 heteroatoms. The molecule has 1 aromatic rings. The molecule has 1 N–H and O–H groups in total. The Balaban J connectivity index is 1.53. The largest absolute Gasteiger partial charge is 0.374 e. The summed E-state index contributed by atoms with van der Waals surface area (Å²) in [5, 5.41) is 0. The topological polar surface area (TPSA) is 72.5 Å². The highest BCUT2D eigenvalue weighted by Gasteiger charge is 2.48.